The minimum Gasteiger partial charge on any atom is -0.398 e. The molecule has 0 atom stereocenters. The van der Waals surface area contributed by atoms with E-state index in [1.807, 2.05) is 27.7 Å². The Kier molecular flexibility index (Phi) is 3.67. The Labute approximate surface area is 131 Å². The lowest BCUT2D eigenvalue weighted by molar-refractivity contribution is 0.00578. The van der Waals surface area contributed by atoms with Crippen molar-refractivity contribution in [2.24, 2.45) is 0 Å². The van der Waals surface area contributed by atoms with Gasteiger partial charge in [-0.05, 0) is 46.6 Å². The first-order chi connectivity index (χ1) is 9.78. The highest BCUT2D eigenvalue weighted by atomic mass is 35.5. The Morgan fingerprint density at radius 1 is 1.10 bits per heavy atom. The maximum absolute atomic E-state index is 6.16. The smallest absolute Gasteiger partial charge is 0.398 e. The standard InChI is InChI=1S/C14H21BClN3O2/c1-13(2)14(3,4)21-15(20-13)10-9-11(16)18-12(17-10)19-7-5-6-8-19/h9H,5-8H2,1-4H3. The van der Waals surface area contributed by atoms with Crippen molar-refractivity contribution in [1.82, 2.24) is 9.97 Å². The van der Waals surface area contributed by atoms with Crippen LogP contribution in [0.3, 0.4) is 0 Å². The van der Waals surface area contributed by atoms with Gasteiger partial charge < -0.3 is 14.2 Å². The van der Waals surface area contributed by atoms with Crippen LogP contribution in [0.2, 0.25) is 5.15 Å². The summed E-state index contributed by atoms with van der Waals surface area (Å²) in [6.45, 7) is 10.1. The predicted octanol–water partition coefficient (Wildman–Crippen LogP) is 2.03. The molecule has 0 bridgehead atoms. The van der Waals surface area contributed by atoms with Crippen LogP contribution in [0.5, 0.6) is 0 Å². The van der Waals surface area contributed by atoms with Crippen molar-refractivity contribution < 1.29 is 9.31 Å². The first-order valence-corrected chi connectivity index (χ1v) is 7.81. The van der Waals surface area contributed by atoms with Gasteiger partial charge in [-0.15, -0.1) is 0 Å². The molecule has 0 N–H and O–H groups in total. The summed E-state index contributed by atoms with van der Waals surface area (Å²) < 4.78 is 12.1. The molecule has 2 fully saturated rings. The molecule has 114 valence electrons. The summed E-state index contributed by atoms with van der Waals surface area (Å²) >= 11 is 6.16. The molecule has 0 aromatic carbocycles. The number of anilines is 1. The van der Waals surface area contributed by atoms with Crippen LogP contribution >= 0.6 is 11.6 Å². The number of nitrogens with zero attached hydrogens (tertiary/aromatic N) is 3. The number of hydrogen-bond donors (Lipinski definition) is 0. The van der Waals surface area contributed by atoms with E-state index in [1.54, 1.807) is 6.07 Å². The monoisotopic (exact) mass is 309 g/mol. The lowest BCUT2D eigenvalue weighted by atomic mass is 9.84. The quantitative estimate of drug-likeness (QED) is 0.618. The molecule has 0 saturated carbocycles. The molecule has 3 heterocycles. The molecule has 0 unspecified atom stereocenters. The Morgan fingerprint density at radius 2 is 1.67 bits per heavy atom. The molecule has 0 aliphatic carbocycles. The lowest BCUT2D eigenvalue weighted by Crippen LogP contribution is -2.41. The van der Waals surface area contributed by atoms with E-state index in [9.17, 15) is 0 Å². The Hall–Kier alpha value is -0.845. The van der Waals surface area contributed by atoms with Gasteiger partial charge in [0, 0.05) is 13.1 Å². The second-order valence-electron chi connectivity index (χ2n) is 6.70. The van der Waals surface area contributed by atoms with Gasteiger partial charge in [0.05, 0.1) is 16.8 Å². The molecule has 5 nitrogen and oxygen atoms in total. The van der Waals surface area contributed by atoms with Crippen molar-refractivity contribution in [3.63, 3.8) is 0 Å². The van der Waals surface area contributed by atoms with Crippen LogP contribution in [-0.4, -0.2) is 41.4 Å². The van der Waals surface area contributed by atoms with E-state index < -0.39 is 7.12 Å². The van der Waals surface area contributed by atoms with E-state index in [-0.39, 0.29) is 11.2 Å². The summed E-state index contributed by atoms with van der Waals surface area (Å²) in [5, 5.41) is 0.427. The molecule has 1 aromatic rings. The minimum atomic E-state index is -0.503. The molecule has 2 aliphatic rings. The van der Waals surface area contributed by atoms with Crippen LogP contribution in [0, 0.1) is 0 Å². The largest absolute Gasteiger partial charge is 0.514 e. The third-order valence-corrected chi connectivity index (χ3v) is 4.78. The Bertz CT molecular complexity index is 531. The van der Waals surface area contributed by atoms with Crippen LogP contribution in [0.4, 0.5) is 5.95 Å². The van der Waals surface area contributed by atoms with Gasteiger partial charge in [0.2, 0.25) is 5.95 Å². The molecule has 0 radical (unpaired) electrons. The Morgan fingerprint density at radius 3 is 2.24 bits per heavy atom. The van der Waals surface area contributed by atoms with Gasteiger partial charge in [0.25, 0.3) is 0 Å². The first kappa shape index (κ1) is 15.1. The zero-order chi connectivity index (χ0) is 15.3. The van der Waals surface area contributed by atoms with Crippen molar-refractivity contribution >= 4 is 30.3 Å². The van der Waals surface area contributed by atoms with Crippen molar-refractivity contribution in [1.29, 1.82) is 0 Å². The first-order valence-electron chi connectivity index (χ1n) is 7.44. The molecule has 21 heavy (non-hydrogen) atoms. The summed E-state index contributed by atoms with van der Waals surface area (Å²) in [4.78, 5) is 11.1. The highest BCUT2D eigenvalue weighted by Crippen LogP contribution is 2.36. The molecule has 3 rings (SSSR count). The van der Waals surface area contributed by atoms with Gasteiger partial charge in [-0.3, -0.25) is 0 Å². The fraction of sp³-hybridized carbons (Fsp3) is 0.714. The molecular formula is C14H21BClN3O2. The number of rotatable bonds is 2. The average Bonchev–Trinajstić information content (AvgIpc) is 2.96. The molecule has 7 heteroatoms. The van der Waals surface area contributed by atoms with Crippen LogP contribution in [0.1, 0.15) is 40.5 Å². The lowest BCUT2D eigenvalue weighted by Gasteiger charge is -2.32. The van der Waals surface area contributed by atoms with Gasteiger partial charge in [-0.2, -0.15) is 0 Å². The van der Waals surface area contributed by atoms with Gasteiger partial charge in [-0.25, -0.2) is 9.97 Å². The summed E-state index contributed by atoms with van der Waals surface area (Å²) in [6.07, 6.45) is 2.34. The zero-order valence-electron chi connectivity index (χ0n) is 13.0. The molecule has 2 aliphatic heterocycles. The van der Waals surface area contributed by atoms with E-state index in [0.717, 1.165) is 13.1 Å². The van der Waals surface area contributed by atoms with Crippen LogP contribution in [0.15, 0.2) is 6.07 Å². The van der Waals surface area contributed by atoms with E-state index in [1.165, 1.54) is 12.8 Å². The number of hydrogen-bond acceptors (Lipinski definition) is 5. The molecular weight excluding hydrogens is 288 g/mol. The summed E-state index contributed by atoms with van der Waals surface area (Å²) in [6, 6.07) is 1.73. The highest BCUT2D eigenvalue weighted by molar-refractivity contribution is 6.61. The summed E-state index contributed by atoms with van der Waals surface area (Å²) in [5.41, 5.74) is -0.0817. The topological polar surface area (TPSA) is 47.5 Å². The van der Waals surface area contributed by atoms with Crippen molar-refractivity contribution in [3.05, 3.63) is 11.2 Å². The van der Waals surface area contributed by atoms with E-state index in [0.29, 0.717) is 16.7 Å². The molecule has 0 amide bonds. The zero-order valence-corrected chi connectivity index (χ0v) is 13.8. The molecule has 0 spiro atoms. The molecule has 2 saturated heterocycles. The third-order valence-electron chi connectivity index (χ3n) is 4.59. The number of halogens is 1. The molecule has 1 aromatic heterocycles. The fourth-order valence-electron chi connectivity index (χ4n) is 2.57. The van der Waals surface area contributed by atoms with E-state index in [4.69, 9.17) is 20.9 Å². The maximum Gasteiger partial charge on any atom is 0.514 e. The predicted molar refractivity (Wildman–Crippen MR) is 84.2 cm³/mol. The van der Waals surface area contributed by atoms with E-state index in [2.05, 4.69) is 14.9 Å². The highest BCUT2D eigenvalue weighted by Gasteiger charge is 2.52. The second-order valence-corrected chi connectivity index (χ2v) is 7.09. The summed E-state index contributed by atoms with van der Waals surface area (Å²) in [7, 11) is -0.503. The van der Waals surface area contributed by atoms with Gasteiger partial charge in [0.15, 0.2) is 0 Å². The normalized spacial score (nSPS) is 23.9. The van der Waals surface area contributed by atoms with Crippen molar-refractivity contribution in [2.75, 3.05) is 18.0 Å². The Balaban J connectivity index is 1.89. The van der Waals surface area contributed by atoms with Crippen molar-refractivity contribution in [3.8, 4) is 0 Å². The van der Waals surface area contributed by atoms with E-state index >= 15 is 0 Å². The van der Waals surface area contributed by atoms with Gasteiger partial charge in [0.1, 0.15) is 5.15 Å². The van der Waals surface area contributed by atoms with Gasteiger partial charge in [-0.1, -0.05) is 11.6 Å². The van der Waals surface area contributed by atoms with Crippen LogP contribution < -0.4 is 10.5 Å². The van der Waals surface area contributed by atoms with Crippen molar-refractivity contribution in [2.45, 2.75) is 51.7 Å². The van der Waals surface area contributed by atoms with Crippen LogP contribution in [-0.2, 0) is 9.31 Å². The minimum absolute atomic E-state index is 0.386. The van der Waals surface area contributed by atoms with Gasteiger partial charge >= 0.3 is 7.12 Å². The fourth-order valence-corrected chi connectivity index (χ4v) is 2.75. The summed E-state index contributed by atoms with van der Waals surface area (Å²) in [5.74, 6) is 0.671. The second kappa shape index (κ2) is 5.11. The third kappa shape index (κ3) is 2.76. The van der Waals surface area contributed by atoms with Crippen LogP contribution in [0.25, 0.3) is 0 Å². The average molecular weight is 310 g/mol. The number of aromatic nitrogens is 2. The maximum atomic E-state index is 6.16. The SMILES string of the molecule is CC1(C)OB(c2cc(Cl)nc(N3CCCC3)n2)OC1(C)C.